The number of hydrogen-bond donors (Lipinski definition) is 1. The second-order valence-electron chi connectivity index (χ2n) is 5.28. The van der Waals surface area contributed by atoms with Crippen molar-refractivity contribution in [3.63, 3.8) is 0 Å². The molecule has 106 valence electrons. The number of aliphatic hydroxyl groups is 1. The first-order chi connectivity index (χ1) is 9.02. The van der Waals surface area contributed by atoms with Crippen LogP contribution in [0.4, 0.5) is 0 Å². The minimum absolute atomic E-state index is 0.121. The van der Waals surface area contributed by atoms with Gasteiger partial charge in [-0.25, -0.2) is 8.42 Å². The maximum atomic E-state index is 12.6. The molecule has 2 atom stereocenters. The molecule has 19 heavy (non-hydrogen) atoms. The lowest BCUT2D eigenvalue weighted by Gasteiger charge is -2.16. The number of aliphatic hydroxyl groups excluding tert-OH is 1. The lowest BCUT2D eigenvalue weighted by molar-refractivity contribution is 0.285. The van der Waals surface area contributed by atoms with Crippen LogP contribution in [0.5, 0.6) is 0 Å². The van der Waals surface area contributed by atoms with Gasteiger partial charge in [0.05, 0.1) is 10.4 Å². The lowest BCUT2D eigenvalue weighted by Crippen LogP contribution is -2.29. The summed E-state index contributed by atoms with van der Waals surface area (Å²) in [4.78, 5) is 0.978. The Morgan fingerprint density at radius 2 is 2.00 bits per heavy atom. The molecule has 2 heterocycles. The Labute approximate surface area is 125 Å². The maximum Gasteiger partial charge on any atom is 0.245 e. The SMILES string of the molecule is O=S(=O)(c1cc(CO)sc1Br)N1CC2CCCC2C1. The molecule has 4 nitrogen and oxygen atoms in total. The van der Waals surface area contributed by atoms with Gasteiger partial charge >= 0.3 is 0 Å². The van der Waals surface area contributed by atoms with E-state index in [0.717, 1.165) is 12.8 Å². The molecular weight excluding hydrogens is 350 g/mol. The molecule has 3 rings (SSSR count). The van der Waals surface area contributed by atoms with Crippen LogP contribution < -0.4 is 0 Å². The van der Waals surface area contributed by atoms with Crippen molar-refractivity contribution < 1.29 is 13.5 Å². The second-order valence-corrected chi connectivity index (χ2v) is 9.64. The molecule has 2 unspecified atom stereocenters. The maximum absolute atomic E-state index is 12.6. The summed E-state index contributed by atoms with van der Waals surface area (Å²) in [7, 11) is -3.41. The summed E-state index contributed by atoms with van der Waals surface area (Å²) in [6, 6.07) is 1.58. The van der Waals surface area contributed by atoms with E-state index in [9.17, 15) is 8.42 Å². The highest BCUT2D eigenvalue weighted by molar-refractivity contribution is 9.11. The third-order valence-electron chi connectivity index (χ3n) is 4.17. The van der Waals surface area contributed by atoms with Gasteiger partial charge in [-0.3, -0.25) is 0 Å². The monoisotopic (exact) mass is 365 g/mol. The summed E-state index contributed by atoms with van der Waals surface area (Å²) in [5.74, 6) is 1.09. The number of fused-ring (bicyclic) bond motifs is 1. The molecule has 1 aliphatic carbocycles. The van der Waals surface area contributed by atoms with Gasteiger partial charge in [0.15, 0.2) is 0 Å². The Kier molecular flexibility index (Phi) is 3.77. The van der Waals surface area contributed by atoms with Crippen LogP contribution in [-0.4, -0.2) is 30.9 Å². The zero-order valence-corrected chi connectivity index (χ0v) is 13.6. The number of sulfonamides is 1. The quantitative estimate of drug-likeness (QED) is 0.894. The highest BCUT2D eigenvalue weighted by Gasteiger charge is 2.42. The summed E-state index contributed by atoms with van der Waals surface area (Å²) in [6.07, 6.45) is 3.55. The third kappa shape index (κ3) is 2.40. The van der Waals surface area contributed by atoms with Crippen molar-refractivity contribution in [3.05, 3.63) is 14.7 Å². The van der Waals surface area contributed by atoms with Crippen molar-refractivity contribution in [2.24, 2.45) is 11.8 Å². The van der Waals surface area contributed by atoms with Crippen molar-refractivity contribution >= 4 is 37.3 Å². The normalized spacial score (nSPS) is 27.9. The first-order valence-electron chi connectivity index (χ1n) is 6.41. The van der Waals surface area contributed by atoms with Crippen LogP contribution in [0.1, 0.15) is 24.1 Å². The van der Waals surface area contributed by atoms with Gasteiger partial charge in [0, 0.05) is 18.0 Å². The second kappa shape index (κ2) is 5.11. The van der Waals surface area contributed by atoms with E-state index in [0.29, 0.717) is 38.5 Å². The number of thiophene rings is 1. The molecule has 1 aliphatic heterocycles. The molecule has 1 N–H and O–H groups in total. The number of halogens is 1. The van der Waals surface area contributed by atoms with Gasteiger partial charge in [-0.05, 0) is 46.7 Å². The van der Waals surface area contributed by atoms with Crippen LogP contribution in [-0.2, 0) is 16.6 Å². The predicted octanol–water partition coefficient (Wildman–Crippen LogP) is 2.42. The van der Waals surface area contributed by atoms with Gasteiger partial charge in [-0.15, -0.1) is 11.3 Å². The van der Waals surface area contributed by atoms with Crippen LogP contribution in [0.2, 0.25) is 0 Å². The largest absolute Gasteiger partial charge is 0.391 e. The molecule has 0 aromatic carbocycles. The summed E-state index contributed by atoms with van der Waals surface area (Å²) in [5, 5.41) is 9.12. The molecule has 1 saturated heterocycles. The number of nitrogens with zero attached hydrogens (tertiary/aromatic N) is 1. The van der Waals surface area contributed by atoms with Gasteiger partial charge < -0.3 is 5.11 Å². The van der Waals surface area contributed by atoms with Crippen LogP contribution in [0.25, 0.3) is 0 Å². The van der Waals surface area contributed by atoms with E-state index in [1.54, 1.807) is 10.4 Å². The van der Waals surface area contributed by atoms with Crippen LogP contribution in [0, 0.1) is 11.8 Å². The fourth-order valence-electron chi connectivity index (χ4n) is 3.18. The van der Waals surface area contributed by atoms with E-state index in [1.165, 1.54) is 17.8 Å². The molecule has 1 saturated carbocycles. The van der Waals surface area contributed by atoms with E-state index in [1.807, 2.05) is 0 Å². The van der Waals surface area contributed by atoms with Crippen LogP contribution in [0.15, 0.2) is 14.7 Å². The Balaban J connectivity index is 1.88. The fraction of sp³-hybridized carbons (Fsp3) is 0.667. The molecular formula is C12H16BrNO3S2. The fourth-order valence-corrected chi connectivity index (χ4v) is 7.23. The minimum atomic E-state index is -3.41. The molecule has 0 amide bonds. The Bertz CT molecular complexity index is 572. The zero-order chi connectivity index (χ0) is 13.6. The van der Waals surface area contributed by atoms with E-state index >= 15 is 0 Å². The predicted molar refractivity (Wildman–Crippen MR) is 77.5 cm³/mol. The zero-order valence-electron chi connectivity index (χ0n) is 10.4. The summed E-state index contributed by atoms with van der Waals surface area (Å²) in [6.45, 7) is 1.19. The van der Waals surface area contributed by atoms with Gasteiger partial charge in [-0.2, -0.15) is 4.31 Å². The smallest absolute Gasteiger partial charge is 0.245 e. The molecule has 1 aromatic heterocycles. The average molecular weight is 366 g/mol. The van der Waals surface area contributed by atoms with Gasteiger partial charge in [-0.1, -0.05) is 6.42 Å². The van der Waals surface area contributed by atoms with Crippen molar-refractivity contribution in [1.29, 1.82) is 0 Å². The van der Waals surface area contributed by atoms with Gasteiger partial charge in [0.2, 0.25) is 10.0 Å². The Hall–Kier alpha value is 0.0500. The first-order valence-corrected chi connectivity index (χ1v) is 9.46. The molecule has 0 bridgehead atoms. The highest BCUT2D eigenvalue weighted by atomic mass is 79.9. The van der Waals surface area contributed by atoms with E-state index < -0.39 is 10.0 Å². The van der Waals surface area contributed by atoms with Gasteiger partial charge in [0.1, 0.15) is 4.90 Å². The first kappa shape index (κ1) is 14.0. The summed E-state index contributed by atoms with van der Waals surface area (Å²) in [5.41, 5.74) is 0. The van der Waals surface area contributed by atoms with E-state index in [-0.39, 0.29) is 6.61 Å². The molecule has 0 spiro atoms. The molecule has 2 fully saturated rings. The summed E-state index contributed by atoms with van der Waals surface area (Å²) >= 11 is 4.59. The van der Waals surface area contributed by atoms with E-state index in [4.69, 9.17) is 5.11 Å². The summed E-state index contributed by atoms with van der Waals surface area (Å²) < 4.78 is 27.5. The van der Waals surface area contributed by atoms with Gasteiger partial charge in [0.25, 0.3) is 0 Å². The Morgan fingerprint density at radius 3 is 2.53 bits per heavy atom. The molecule has 0 radical (unpaired) electrons. The van der Waals surface area contributed by atoms with Crippen molar-refractivity contribution in [3.8, 4) is 0 Å². The van der Waals surface area contributed by atoms with Crippen molar-refractivity contribution in [2.75, 3.05) is 13.1 Å². The van der Waals surface area contributed by atoms with Crippen LogP contribution >= 0.6 is 27.3 Å². The number of rotatable bonds is 3. The standard InChI is InChI=1S/C12H16BrNO3S2/c13-12-11(4-10(7-15)18-12)19(16,17)14-5-8-2-1-3-9(8)6-14/h4,8-9,15H,1-3,5-7H2. The number of hydrogen-bond acceptors (Lipinski definition) is 4. The Morgan fingerprint density at radius 1 is 1.37 bits per heavy atom. The van der Waals surface area contributed by atoms with Crippen LogP contribution in [0.3, 0.4) is 0 Å². The highest BCUT2D eigenvalue weighted by Crippen LogP contribution is 2.41. The third-order valence-corrected chi connectivity index (χ3v) is 8.24. The molecule has 2 aliphatic rings. The van der Waals surface area contributed by atoms with E-state index in [2.05, 4.69) is 15.9 Å². The molecule has 7 heteroatoms. The minimum Gasteiger partial charge on any atom is -0.391 e. The van der Waals surface area contributed by atoms with Crippen molar-refractivity contribution in [1.82, 2.24) is 4.31 Å². The lowest BCUT2D eigenvalue weighted by atomic mass is 10.0. The van der Waals surface area contributed by atoms with Crippen molar-refractivity contribution in [2.45, 2.75) is 30.8 Å². The average Bonchev–Trinajstić information content (AvgIpc) is 3.00. The molecule has 1 aromatic rings. The topological polar surface area (TPSA) is 57.6 Å².